The molecule has 0 atom stereocenters. The van der Waals surface area contributed by atoms with Gasteiger partial charge in [0.05, 0.1) is 12.8 Å². The number of hydrogen-bond donors (Lipinski definition) is 1. The van der Waals surface area contributed by atoms with Crippen LogP contribution in [-0.4, -0.2) is 76.0 Å². The molecule has 4 aromatic rings. The van der Waals surface area contributed by atoms with Gasteiger partial charge < -0.3 is 19.7 Å². The van der Waals surface area contributed by atoms with E-state index in [-0.39, 0.29) is 25.0 Å². The number of nitrogens with zero attached hydrogens (tertiary/aromatic N) is 5. The standard InChI is InChI=1S/C31H32N6O4/c1-21-4-3-7-32-26(21)19-35-10-12-36(13-11-35)31(39)24-14-22-15-25(16-24)37-9-8-33-30(37)23-5-6-27(40-2)28(17-23)41-20-29(38)34-18-22/h3-9,14-17H,10-13,18-20H2,1-2H3,(H,34,38). The van der Waals surface area contributed by atoms with E-state index in [1.54, 1.807) is 19.4 Å². The summed E-state index contributed by atoms with van der Waals surface area (Å²) >= 11 is 0. The lowest BCUT2D eigenvalue weighted by Gasteiger charge is -2.35. The highest BCUT2D eigenvalue weighted by molar-refractivity contribution is 5.95. The summed E-state index contributed by atoms with van der Waals surface area (Å²) in [6.45, 7) is 5.74. The van der Waals surface area contributed by atoms with Crippen LogP contribution in [0.25, 0.3) is 17.1 Å². The summed E-state index contributed by atoms with van der Waals surface area (Å²) in [5, 5.41) is 2.90. The van der Waals surface area contributed by atoms with Crippen molar-refractivity contribution in [1.82, 2.24) is 29.7 Å². The Bertz CT molecular complexity index is 1590. The van der Waals surface area contributed by atoms with Crippen molar-refractivity contribution in [2.45, 2.75) is 20.0 Å². The van der Waals surface area contributed by atoms with Gasteiger partial charge in [0.2, 0.25) is 0 Å². The molecule has 10 nitrogen and oxygen atoms in total. The van der Waals surface area contributed by atoms with Crippen LogP contribution in [0.2, 0.25) is 0 Å². The van der Waals surface area contributed by atoms with E-state index in [0.29, 0.717) is 36.0 Å². The number of carbonyl (C=O) groups excluding carboxylic acids is 2. The molecule has 2 amide bonds. The number of ether oxygens (including phenoxy) is 2. The topological polar surface area (TPSA) is 102 Å². The molecular weight excluding hydrogens is 520 g/mol. The Labute approximate surface area is 238 Å². The van der Waals surface area contributed by atoms with Gasteiger partial charge in [-0.25, -0.2) is 4.98 Å². The first-order chi connectivity index (χ1) is 20.0. The first-order valence-electron chi connectivity index (χ1n) is 13.7. The molecule has 1 saturated heterocycles. The smallest absolute Gasteiger partial charge is 0.258 e. The van der Waals surface area contributed by atoms with Crippen molar-refractivity contribution in [3.05, 3.63) is 89.5 Å². The molecule has 2 aliphatic rings. The van der Waals surface area contributed by atoms with Gasteiger partial charge >= 0.3 is 0 Å². The summed E-state index contributed by atoms with van der Waals surface area (Å²) in [7, 11) is 1.56. The molecule has 2 aromatic carbocycles. The number of benzene rings is 2. The van der Waals surface area contributed by atoms with Gasteiger partial charge in [0.15, 0.2) is 18.1 Å². The van der Waals surface area contributed by atoms with Gasteiger partial charge in [-0.05, 0) is 60.5 Å². The minimum absolute atomic E-state index is 0.0332. The molecule has 2 aliphatic heterocycles. The van der Waals surface area contributed by atoms with Gasteiger partial charge in [0.1, 0.15) is 5.82 Å². The van der Waals surface area contributed by atoms with E-state index >= 15 is 0 Å². The second kappa shape index (κ2) is 11.4. The molecule has 2 aromatic heterocycles. The fourth-order valence-electron chi connectivity index (χ4n) is 5.27. The molecule has 0 radical (unpaired) electrons. The first-order valence-corrected chi connectivity index (χ1v) is 13.7. The average Bonchev–Trinajstić information content (AvgIpc) is 3.50. The lowest BCUT2D eigenvalue weighted by atomic mass is 10.1. The molecule has 4 heterocycles. The molecule has 0 spiro atoms. The van der Waals surface area contributed by atoms with Gasteiger partial charge in [-0.1, -0.05) is 6.07 Å². The van der Waals surface area contributed by atoms with E-state index in [1.807, 2.05) is 58.3 Å². The van der Waals surface area contributed by atoms with Gasteiger partial charge in [-0.15, -0.1) is 0 Å². The number of aryl methyl sites for hydroxylation is 1. The highest BCUT2D eigenvalue weighted by atomic mass is 16.5. The number of aromatic nitrogens is 3. The van der Waals surface area contributed by atoms with Crippen molar-refractivity contribution in [3.8, 4) is 28.6 Å². The van der Waals surface area contributed by atoms with Crippen LogP contribution < -0.4 is 14.8 Å². The molecule has 0 saturated carbocycles. The number of rotatable bonds is 4. The van der Waals surface area contributed by atoms with Gasteiger partial charge in [-0.2, -0.15) is 0 Å². The lowest BCUT2D eigenvalue weighted by molar-refractivity contribution is -0.123. The SMILES string of the molecule is COc1ccc2cc1OCC(=O)NCc1cc(C(=O)N3CCN(Cc4ncccc4C)CC3)cc(c1)-n1ccnc1-2. The minimum Gasteiger partial charge on any atom is -0.493 e. The van der Waals surface area contributed by atoms with E-state index in [0.717, 1.165) is 42.1 Å². The number of piperazine rings is 1. The van der Waals surface area contributed by atoms with Crippen LogP contribution in [-0.2, 0) is 17.9 Å². The van der Waals surface area contributed by atoms with E-state index in [9.17, 15) is 9.59 Å². The van der Waals surface area contributed by atoms with Crippen LogP contribution in [0.15, 0.2) is 67.1 Å². The highest BCUT2D eigenvalue weighted by Crippen LogP contribution is 2.33. The van der Waals surface area contributed by atoms with Crippen LogP contribution in [0.4, 0.5) is 0 Å². The molecule has 0 aliphatic carbocycles. The predicted octanol–water partition coefficient (Wildman–Crippen LogP) is 3.22. The van der Waals surface area contributed by atoms with E-state index in [4.69, 9.17) is 9.47 Å². The maximum Gasteiger partial charge on any atom is 0.258 e. The Kier molecular flexibility index (Phi) is 7.39. The number of hydrogen-bond acceptors (Lipinski definition) is 7. The van der Waals surface area contributed by atoms with E-state index in [2.05, 4.69) is 33.2 Å². The minimum atomic E-state index is -0.271. The monoisotopic (exact) mass is 552 g/mol. The third-order valence-electron chi connectivity index (χ3n) is 7.56. The number of nitrogens with one attached hydrogen (secondary N) is 1. The van der Waals surface area contributed by atoms with Crippen LogP contribution in [0.5, 0.6) is 11.5 Å². The zero-order chi connectivity index (χ0) is 28.3. The number of amides is 2. The summed E-state index contributed by atoms with van der Waals surface area (Å²) < 4.78 is 13.2. The number of carbonyl (C=O) groups is 2. The molecule has 0 unspecified atom stereocenters. The third kappa shape index (κ3) is 5.64. The third-order valence-corrected chi connectivity index (χ3v) is 7.56. The molecular formula is C31H32N6O4. The second-order valence-electron chi connectivity index (χ2n) is 10.3. The number of methoxy groups -OCH3 is 1. The number of imidazole rings is 1. The van der Waals surface area contributed by atoms with E-state index < -0.39 is 0 Å². The molecule has 1 fully saturated rings. The zero-order valence-corrected chi connectivity index (χ0v) is 23.2. The molecule has 210 valence electrons. The fraction of sp³-hybridized carbons (Fsp3) is 0.290. The van der Waals surface area contributed by atoms with Crippen molar-refractivity contribution >= 4 is 11.8 Å². The van der Waals surface area contributed by atoms with Crippen molar-refractivity contribution in [2.75, 3.05) is 39.9 Å². The normalized spacial score (nSPS) is 15.5. The Morgan fingerprint density at radius 1 is 1.05 bits per heavy atom. The van der Waals surface area contributed by atoms with Crippen molar-refractivity contribution in [1.29, 1.82) is 0 Å². The Hall–Kier alpha value is -4.70. The molecule has 6 rings (SSSR count). The van der Waals surface area contributed by atoms with Crippen LogP contribution in [0.1, 0.15) is 27.2 Å². The van der Waals surface area contributed by atoms with Gasteiger partial charge in [0.25, 0.3) is 11.8 Å². The maximum atomic E-state index is 13.8. The fourth-order valence-corrected chi connectivity index (χ4v) is 5.27. The quantitative estimate of drug-likeness (QED) is 0.415. The van der Waals surface area contributed by atoms with Crippen molar-refractivity contribution < 1.29 is 19.1 Å². The summed E-state index contributed by atoms with van der Waals surface area (Å²) in [5.41, 5.74) is 5.21. The van der Waals surface area contributed by atoms with Gasteiger partial charge in [-0.3, -0.25) is 24.0 Å². The summed E-state index contributed by atoms with van der Waals surface area (Å²) in [4.78, 5) is 39.7. The molecule has 4 bridgehead atoms. The molecule has 10 heteroatoms. The van der Waals surface area contributed by atoms with E-state index in [1.165, 1.54) is 5.56 Å². The maximum absolute atomic E-state index is 13.8. The molecule has 41 heavy (non-hydrogen) atoms. The lowest BCUT2D eigenvalue weighted by Crippen LogP contribution is -2.48. The van der Waals surface area contributed by atoms with Crippen LogP contribution >= 0.6 is 0 Å². The van der Waals surface area contributed by atoms with Crippen LogP contribution in [0, 0.1) is 6.92 Å². The zero-order valence-electron chi connectivity index (χ0n) is 23.2. The average molecular weight is 553 g/mol. The second-order valence-corrected chi connectivity index (χ2v) is 10.3. The summed E-state index contributed by atoms with van der Waals surface area (Å²) in [6, 6.07) is 15.2. The Morgan fingerprint density at radius 3 is 2.71 bits per heavy atom. The van der Waals surface area contributed by atoms with Crippen molar-refractivity contribution in [2.24, 2.45) is 0 Å². The van der Waals surface area contributed by atoms with Gasteiger partial charge in [0, 0.05) is 74.7 Å². The largest absolute Gasteiger partial charge is 0.493 e. The Morgan fingerprint density at radius 2 is 1.90 bits per heavy atom. The van der Waals surface area contributed by atoms with Crippen LogP contribution in [0.3, 0.4) is 0 Å². The summed E-state index contributed by atoms with van der Waals surface area (Å²) in [5.74, 6) is 1.36. The number of fused-ring (bicyclic) bond motifs is 7. The Balaban J connectivity index is 1.28. The molecule has 1 N–H and O–H groups in total. The highest BCUT2D eigenvalue weighted by Gasteiger charge is 2.24. The summed E-state index contributed by atoms with van der Waals surface area (Å²) in [6.07, 6.45) is 5.42. The van der Waals surface area contributed by atoms with Crippen molar-refractivity contribution in [3.63, 3.8) is 0 Å². The predicted molar refractivity (Wildman–Crippen MR) is 153 cm³/mol. The first kappa shape index (κ1) is 26.5. The number of pyridine rings is 1.